The van der Waals surface area contributed by atoms with Crippen LogP contribution in [0.1, 0.15) is 0 Å². The monoisotopic (exact) mass is 250 g/mol. The van der Waals surface area contributed by atoms with Crippen LogP contribution in [0.25, 0.3) is 0 Å². The van der Waals surface area contributed by atoms with Crippen molar-refractivity contribution in [2.24, 2.45) is 5.73 Å². The van der Waals surface area contributed by atoms with Gasteiger partial charge in [-0.1, -0.05) is 17.7 Å². The van der Waals surface area contributed by atoms with Crippen LogP contribution >= 0.6 is 11.6 Å². The van der Waals surface area contributed by atoms with E-state index in [4.69, 9.17) is 17.3 Å². The summed E-state index contributed by atoms with van der Waals surface area (Å²) in [5, 5.41) is 13.8. The molecule has 3 N–H and O–H groups in total. The summed E-state index contributed by atoms with van der Waals surface area (Å²) < 4.78 is 0. The van der Waals surface area contributed by atoms with E-state index in [9.17, 15) is 10.1 Å². The zero-order valence-electron chi connectivity index (χ0n) is 7.74. The summed E-state index contributed by atoms with van der Waals surface area (Å²) in [5.41, 5.74) is 5.56. The van der Waals surface area contributed by atoms with Crippen LogP contribution in [-0.4, -0.2) is 18.0 Å². The lowest BCUT2D eigenvalue weighted by molar-refractivity contribution is -0.383. The molecule has 0 bridgehead atoms. The van der Waals surface area contributed by atoms with Crippen LogP contribution in [0.3, 0.4) is 0 Å². The Hall–Kier alpha value is -1.04. The maximum absolute atomic E-state index is 10.6. The van der Waals surface area contributed by atoms with E-state index in [1.807, 2.05) is 0 Å². The van der Waals surface area contributed by atoms with Gasteiger partial charge in [0.25, 0.3) is 5.69 Å². The summed E-state index contributed by atoms with van der Waals surface area (Å²) in [6.07, 6.45) is 0. The molecular formula is C8H10Cl2N3O2-. The molecular weight excluding hydrogens is 241 g/mol. The van der Waals surface area contributed by atoms with Crippen LogP contribution in [0, 0.1) is 10.1 Å². The minimum atomic E-state index is -0.481. The van der Waals surface area contributed by atoms with Crippen molar-refractivity contribution in [3.8, 4) is 0 Å². The van der Waals surface area contributed by atoms with Gasteiger partial charge in [0.15, 0.2) is 0 Å². The quantitative estimate of drug-likeness (QED) is 0.510. The van der Waals surface area contributed by atoms with Gasteiger partial charge >= 0.3 is 0 Å². The number of anilines is 1. The Bertz CT molecular complexity index is 347. The number of nitrogens with two attached hydrogens (primary N) is 1. The second-order valence-corrected chi connectivity index (χ2v) is 3.01. The van der Waals surface area contributed by atoms with Crippen molar-refractivity contribution in [3.63, 3.8) is 0 Å². The first kappa shape index (κ1) is 14.0. The van der Waals surface area contributed by atoms with Crippen LogP contribution in [0.4, 0.5) is 11.4 Å². The smallest absolute Gasteiger partial charge is 0.293 e. The highest BCUT2D eigenvalue weighted by Gasteiger charge is 2.15. The molecule has 1 aromatic rings. The van der Waals surface area contributed by atoms with E-state index in [2.05, 4.69) is 5.32 Å². The summed E-state index contributed by atoms with van der Waals surface area (Å²) >= 11 is 5.80. The molecule has 0 aliphatic heterocycles. The molecule has 0 radical (unpaired) electrons. The Morgan fingerprint density at radius 3 is 2.73 bits per heavy atom. The van der Waals surface area contributed by atoms with Gasteiger partial charge in [-0.2, -0.15) is 0 Å². The molecule has 0 aliphatic rings. The fourth-order valence-electron chi connectivity index (χ4n) is 1.04. The number of benzene rings is 1. The number of rotatable bonds is 4. The Morgan fingerprint density at radius 1 is 1.53 bits per heavy atom. The molecule has 7 heteroatoms. The Balaban J connectivity index is 0.00000196. The van der Waals surface area contributed by atoms with Gasteiger partial charge in [0.05, 0.1) is 9.95 Å². The number of nitro groups is 1. The van der Waals surface area contributed by atoms with Gasteiger partial charge in [0.2, 0.25) is 0 Å². The number of nitrogens with one attached hydrogen (secondary N) is 1. The molecule has 0 aliphatic carbocycles. The van der Waals surface area contributed by atoms with Crippen molar-refractivity contribution in [1.82, 2.24) is 0 Å². The van der Waals surface area contributed by atoms with E-state index in [1.54, 1.807) is 6.07 Å². The first-order valence-corrected chi connectivity index (χ1v) is 4.41. The van der Waals surface area contributed by atoms with Crippen LogP contribution in [-0.2, 0) is 0 Å². The standard InChI is InChI=1S/C8H10ClN3O2.ClH/c9-6-2-1-3-7(12(13)14)8(6)11-5-4-10;/h1-3,11H,4-5,10H2;1H/p-1. The van der Waals surface area contributed by atoms with Gasteiger partial charge in [0.1, 0.15) is 5.69 Å². The molecule has 0 unspecified atom stereocenters. The summed E-state index contributed by atoms with van der Waals surface area (Å²) in [7, 11) is 0. The van der Waals surface area contributed by atoms with Gasteiger partial charge in [0, 0.05) is 19.2 Å². The highest BCUT2D eigenvalue weighted by molar-refractivity contribution is 6.33. The molecule has 1 aromatic carbocycles. The topological polar surface area (TPSA) is 81.2 Å². The van der Waals surface area contributed by atoms with Crippen molar-refractivity contribution in [2.45, 2.75) is 0 Å². The third kappa shape index (κ3) is 3.54. The zero-order valence-corrected chi connectivity index (χ0v) is 9.26. The average molecular weight is 251 g/mol. The summed E-state index contributed by atoms with van der Waals surface area (Å²) in [4.78, 5) is 10.1. The molecule has 0 heterocycles. The van der Waals surface area contributed by atoms with E-state index in [1.165, 1.54) is 12.1 Å². The van der Waals surface area contributed by atoms with Crippen molar-refractivity contribution >= 4 is 23.0 Å². The third-order valence-electron chi connectivity index (χ3n) is 1.63. The van der Waals surface area contributed by atoms with Crippen LogP contribution < -0.4 is 23.5 Å². The molecule has 0 saturated heterocycles. The highest BCUT2D eigenvalue weighted by atomic mass is 35.5. The molecule has 0 fully saturated rings. The van der Waals surface area contributed by atoms with Crippen molar-refractivity contribution < 1.29 is 17.3 Å². The largest absolute Gasteiger partial charge is 1.00 e. The van der Waals surface area contributed by atoms with Crippen LogP contribution in [0.15, 0.2) is 18.2 Å². The van der Waals surface area contributed by atoms with Gasteiger partial charge in [-0.05, 0) is 6.07 Å². The van der Waals surface area contributed by atoms with Crippen molar-refractivity contribution in [2.75, 3.05) is 18.4 Å². The molecule has 0 atom stereocenters. The van der Waals surface area contributed by atoms with E-state index < -0.39 is 4.92 Å². The van der Waals surface area contributed by atoms with E-state index in [0.29, 0.717) is 23.8 Å². The van der Waals surface area contributed by atoms with Gasteiger partial charge in [-0.25, -0.2) is 0 Å². The summed E-state index contributed by atoms with van der Waals surface area (Å²) in [5.74, 6) is 0. The SMILES string of the molecule is NCCNc1c(Cl)cccc1[N+](=O)[O-].[Cl-]. The molecule has 1 rings (SSSR count). The number of para-hydroxylation sites is 1. The second kappa shape index (κ2) is 6.44. The molecule has 0 spiro atoms. The first-order valence-electron chi connectivity index (χ1n) is 4.03. The predicted molar refractivity (Wildman–Crippen MR) is 55.7 cm³/mol. The Labute approximate surface area is 98.2 Å². The van der Waals surface area contributed by atoms with E-state index >= 15 is 0 Å². The van der Waals surface area contributed by atoms with Crippen LogP contribution in [0.2, 0.25) is 5.02 Å². The summed E-state index contributed by atoms with van der Waals surface area (Å²) in [6, 6.07) is 4.52. The number of nitrogens with zero attached hydrogens (tertiary/aromatic N) is 1. The number of hydrogen-bond acceptors (Lipinski definition) is 4. The average Bonchev–Trinajstić information content (AvgIpc) is 2.15. The molecule has 5 nitrogen and oxygen atoms in total. The maximum Gasteiger partial charge on any atom is 0.293 e. The molecule has 0 aromatic heterocycles. The number of nitro benzene ring substituents is 1. The minimum Gasteiger partial charge on any atom is -1.00 e. The zero-order chi connectivity index (χ0) is 10.6. The minimum absolute atomic E-state index is 0. The van der Waals surface area contributed by atoms with E-state index in [0.717, 1.165) is 0 Å². The summed E-state index contributed by atoms with van der Waals surface area (Å²) in [6.45, 7) is 0.840. The second-order valence-electron chi connectivity index (χ2n) is 2.61. The molecule has 0 amide bonds. The third-order valence-corrected chi connectivity index (χ3v) is 1.95. The Kier molecular flexibility index (Phi) is 6.00. The predicted octanol–water partition coefficient (Wildman–Crippen LogP) is -1.38. The lowest BCUT2D eigenvalue weighted by Gasteiger charge is -2.06. The fourth-order valence-corrected chi connectivity index (χ4v) is 1.27. The highest BCUT2D eigenvalue weighted by Crippen LogP contribution is 2.31. The molecule has 84 valence electrons. The first-order chi connectivity index (χ1) is 6.66. The fraction of sp³-hybridized carbons (Fsp3) is 0.250. The van der Waals surface area contributed by atoms with Crippen LogP contribution in [0.5, 0.6) is 0 Å². The lowest BCUT2D eigenvalue weighted by Crippen LogP contribution is -3.00. The van der Waals surface area contributed by atoms with Gasteiger partial charge < -0.3 is 23.5 Å². The van der Waals surface area contributed by atoms with Crippen molar-refractivity contribution in [3.05, 3.63) is 33.3 Å². The maximum atomic E-state index is 10.6. The number of halogens is 2. The normalized spacial score (nSPS) is 9.20. The van der Waals surface area contributed by atoms with E-state index in [-0.39, 0.29) is 18.1 Å². The number of hydrogen-bond donors (Lipinski definition) is 2. The van der Waals surface area contributed by atoms with Gasteiger partial charge in [-0.15, -0.1) is 0 Å². The Morgan fingerprint density at radius 2 is 2.20 bits per heavy atom. The van der Waals surface area contributed by atoms with Gasteiger partial charge in [-0.3, -0.25) is 10.1 Å². The molecule has 15 heavy (non-hydrogen) atoms. The molecule has 0 saturated carbocycles. The van der Waals surface area contributed by atoms with Crippen molar-refractivity contribution in [1.29, 1.82) is 0 Å². The lowest BCUT2D eigenvalue weighted by atomic mass is 10.2.